The summed E-state index contributed by atoms with van der Waals surface area (Å²) in [7, 11) is 0. The Morgan fingerprint density at radius 1 is 1.29 bits per heavy atom. The van der Waals surface area contributed by atoms with Crippen LogP contribution in [0.3, 0.4) is 0 Å². The first-order chi connectivity index (χ1) is 10.3. The molecule has 2 aromatic rings. The SMILES string of the molecule is O=C(c1cccc2ncccc12)N(CCCCl)C1CCC1. The molecular formula is C17H19ClN2O. The second-order valence-corrected chi connectivity index (χ2v) is 5.88. The predicted octanol–water partition coefficient (Wildman–Crippen LogP) is 3.86. The van der Waals surface area contributed by atoms with E-state index in [0.29, 0.717) is 11.9 Å². The van der Waals surface area contributed by atoms with Crippen LogP contribution in [0, 0.1) is 0 Å². The van der Waals surface area contributed by atoms with Crippen molar-refractivity contribution in [1.82, 2.24) is 9.88 Å². The lowest BCUT2D eigenvalue weighted by molar-refractivity contribution is 0.0583. The summed E-state index contributed by atoms with van der Waals surface area (Å²) in [4.78, 5) is 19.3. The molecule has 0 unspecified atom stereocenters. The second kappa shape index (κ2) is 6.44. The van der Waals surface area contributed by atoms with E-state index in [1.54, 1.807) is 6.20 Å². The van der Waals surface area contributed by atoms with E-state index < -0.39 is 0 Å². The third-order valence-corrected chi connectivity index (χ3v) is 4.45. The van der Waals surface area contributed by atoms with Gasteiger partial charge in [0.15, 0.2) is 0 Å². The number of alkyl halides is 1. The number of nitrogens with zero attached hydrogens (tertiary/aromatic N) is 2. The minimum atomic E-state index is 0.114. The average molecular weight is 303 g/mol. The Bertz CT molecular complexity index is 634. The fourth-order valence-electron chi connectivity index (χ4n) is 2.82. The zero-order valence-electron chi connectivity index (χ0n) is 12.0. The van der Waals surface area contributed by atoms with Crippen LogP contribution in [0.5, 0.6) is 0 Å². The fourth-order valence-corrected chi connectivity index (χ4v) is 2.94. The molecule has 0 saturated heterocycles. The average Bonchev–Trinajstić information content (AvgIpc) is 2.48. The van der Waals surface area contributed by atoms with Gasteiger partial charge < -0.3 is 4.90 Å². The Hall–Kier alpha value is -1.61. The zero-order valence-corrected chi connectivity index (χ0v) is 12.7. The van der Waals surface area contributed by atoms with Crippen molar-refractivity contribution in [3.63, 3.8) is 0 Å². The second-order valence-electron chi connectivity index (χ2n) is 5.50. The number of rotatable bonds is 5. The van der Waals surface area contributed by atoms with Gasteiger partial charge in [0.25, 0.3) is 5.91 Å². The molecular weight excluding hydrogens is 284 g/mol. The van der Waals surface area contributed by atoms with E-state index in [-0.39, 0.29) is 5.91 Å². The number of hydrogen-bond acceptors (Lipinski definition) is 2. The van der Waals surface area contributed by atoms with E-state index in [9.17, 15) is 4.79 Å². The molecule has 3 rings (SSSR count). The summed E-state index contributed by atoms with van der Waals surface area (Å²) in [6.45, 7) is 0.740. The van der Waals surface area contributed by atoms with E-state index in [1.165, 1.54) is 6.42 Å². The van der Waals surface area contributed by atoms with Crippen molar-refractivity contribution < 1.29 is 4.79 Å². The standard InChI is InChI=1S/C17H19ClN2O/c18-10-4-12-20(13-5-1-6-13)17(21)15-7-2-9-16-14(15)8-3-11-19-16/h2-3,7-9,11,13H,1,4-6,10,12H2. The number of halogens is 1. The molecule has 0 aliphatic heterocycles. The van der Waals surface area contributed by atoms with Crippen molar-refractivity contribution in [2.75, 3.05) is 12.4 Å². The van der Waals surface area contributed by atoms with Gasteiger partial charge in [0.2, 0.25) is 0 Å². The van der Waals surface area contributed by atoms with Gasteiger partial charge in [-0.15, -0.1) is 11.6 Å². The Labute approximate surface area is 129 Å². The van der Waals surface area contributed by atoms with E-state index in [4.69, 9.17) is 11.6 Å². The van der Waals surface area contributed by atoms with Crippen molar-refractivity contribution in [2.45, 2.75) is 31.7 Å². The molecule has 3 nitrogen and oxygen atoms in total. The number of carbonyl (C=O) groups is 1. The molecule has 1 aromatic heterocycles. The lowest BCUT2D eigenvalue weighted by Crippen LogP contribution is -2.44. The van der Waals surface area contributed by atoms with Gasteiger partial charge in [0, 0.05) is 35.6 Å². The highest BCUT2D eigenvalue weighted by Gasteiger charge is 2.29. The molecule has 0 atom stereocenters. The first-order valence-electron chi connectivity index (χ1n) is 7.52. The van der Waals surface area contributed by atoms with Crippen molar-refractivity contribution in [1.29, 1.82) is 0 Å². The summed E-state index contributed by atoms with van der Waals surface area (Å²) >= 11 is 5.81. The first kappa shape index (κ1) is 14.3. The third kappa shape index (κ3) is 2.88. The van der Waals surface area contributed by atoms with Gasteiger partial charge in [0.1, 0.15) is 0 Å². The first-order valence-corrected chi connectivity index (χ1v) is 8.05. The number of benzene rings is 1. The summed E-state index contributed by atoms with van der Waals surface area (Å²) < 4.78 is 0. The molecule has 1 fully saturated rings. The van der Waals surface area contributed by atoms with Gasteiger partial charge in [-0.05, 0) is 43.9 Å². The summed E-state index contributed by atoms with van der Waals surface area (Å²) in [6.07, 6.45) is 6.03. The largest absolute Gasteiger partial charge is 0.336 e. The number of pyridine rings is 1. The smallest absolute Gasteiger partial charge is 0.254 e. The van der Waals surface area contributed by atoms with Crippen molar-refractivity contribution in [3.8, 4) is 0 Å². The number of hydrogen-bond donors (Lipinski definition) is 0. The normalized spacial score (nSPS) is 14.9. The molecule has 21 heavy (non-hydrogen) atoms. The van der Waals surface area contributed by atoms with Crippen LogP contribution in [0.25, 0.3) is 10.9 Å². The van der Waals surface area contributed by atoms with Crippen LogP contribution in [-0.2, 0) is 0 Å². The molecule has 1 aliphatic rings. The number of aromatic nitrogens is 1. The van der Waals surface area contributed by atoms with E-state index in [0.717, 1.165) is 42.3 Å². The molecule has 1 aliphatic carbocycles. The summed E-state index contributed by atoms with van der Waals surface area (Å²) in [5.41, 5.74) is 1.62. The van der Waals surface area contributed by atoms with Crippen LogP contribution < -0.4 is 0 Å². The van der Waals surface area contributed by atoms with Crippen LogP contribution in [0.1, 0.15) is 36.0 Å². The van der Waals surface area contributed by atoms with Gasteiger partial charge in [-0.3, -0.25) is 9.78 Å². The Balaban J connectivity index is 1.93. The number of amides is 1. The summed E-state index contributed by atoms with van der Waals surface area (Å²) in [6, 6.07) is 9.98. The highest BCUT2D eigenvalue weighted by atomic mass is 35.5. The Morgan fingerprint density at radius 2 is 2.14 bits per heavy atom. The minimum absolute atomic E-state index is 0.114. The predicted molar refractivity (Wildman–Crippen MR) is 85.8 cm³/mol. The van der Waals surface area contributed by atoms with Gasteiger partial charge in [-0.2, -0.15) is 0 Å². The van der Waals surface area contributed by atoms with E-state index in [1.807, 2.05) is 35.2 Å². The van der Waals surface area contributed by atoms with Crippen LogP contribution >= 0.6 is 11.6 Å². The van der Waals surface area contributed by atoms with Crippen molar-refractivity contribution in [3.05, 3.63) is 42.1 Å². The van der Waals surface area contributed by atoms with Crippen molar-refractivity contribution in [2.24, 2.45) is 0 Å². The quantitative estimate of drug-likeness (QED) is 0.786. The third-order valence-electron chi connectivity index (χ3n) is 4.19. The lowest BCUT2D eigenvalue weighted by Gasteiger charge is -2.37. The summed E-state index contributed by atoms with van der Waals surface area (Å²) in [5.74, 6) is 0.705. The monoisotopic (exact) mass is 302 g/mol. The molecule has 0 N–H and O–H groups in total. The van der Waals surface area contributed by atoms with E-state index >= 15 is 0 Å². The van der Waals surface area contributed by atoms with Crippen LogP contribution in [-0.4, -0.2) is 34.3 Å². The molecule has 0 radical (unpaired) electrons. The molecule has 1 heterocycles. The Kier molecular flexibility index (Phi) is 4.39. The van der Waals surface area contributed by atoms with Gasteiger partial charge in [0.05, 0.1) is 5.52 Å². The molecule has 110 valence electrons. The number of carbonyl (C=O) groups excluding carboxylic acids is 1. The number of fused-ring (bicyclic) bond motifs is 1. The minimum Gasteiger partial charge on any atom is -0.336 e. The molecule has 1 aromatic carbocycles. The van der Waals surface area contributed by atoms with Crippen LogP contribution in [0.15, 0.2) is 36.5 Å². The maximum absolute atomic E-state index is 13.0. The van der Waals surface area contributed by atoms with Gasteiger partial charge in [-0.1, -0.05) is 12.1 Å². The highest BCUT2D eigenvalue weighted by Crippen LogP contribution is 2.28. The Morgan fingerprint density at radius 3 is 2.86 bits per heavy atom. The van der Waals surface area contributed by atoms with E-state index in [2.05, 4.69) is 4.98 Å². The van der Waals surface area contributed by atoms with Gasteiger partial charge in [-0.25, -0.2) is 0 Å². The lowest BCUT2D eigenvalue weighted by atomic mass is 9.90. The van der Waals surface area contributed by atoms with Crippen LogP contribution in [0.2, 0.25) is 0 Å². The molecule has 1 saturated carbocycles. The van der Waals surface area contributed by atoms with Crippen LogP contribution in [0.4, 0.5) is 0 Å². The molecule has 1 amide bonds. The summed E-state index contributed by atoms with van der Waals surface area (Å²) in [5, 5.41) is 0.931. The zero-order chi connectivity index (χ0) is 14.7. The maximum Gasteiger partial charge on any atom is 0.254 e. The van der Waals surface area contributed by atoms with Gasteiger partial charge >= 0.3 is 0 Å². The molecule has 0 bridgehead atoms. The highest BCUT2D eigenvalue weighted by molar-refractivity contribution is 6.17. The molecule has 0 spiro atoms. The van der Waals surface area contributed by atoms with Crippen molar-refractivity contribution >= 4 is 28.4 Å². The molecule has 4 heteroatoms. The topological polar surface area (TPSA) is 33.2 Å². The maximum atomic E-state index is 13.0. The fraction of sp³-hybridized carbons (Fsp3) is 0.412.